The van der Waals surface area contributed by atoms with E-state index in [1.54, 1.807) is 19.2 Å². The Hall–Kier alpha value is -0.930. The van der Waals surface area contributed by atoms with Crippen molar-refractivity contribution < 1.29 is 9.13 Å². The van der Waals surface area contributed by atoms with Crippen LogP contribution in [0.4, 0.5) is 4.39 Å². The van der Waals surface area contributed by atoms with Crippen LogP contribution in [0.2, 0.25) is 0 Å². The highest BCUT2D eigenvalue weighted by Crippen LogP contribution is 2.30. The van der Waals surface area contributed by atoms with Crippen molar-refractivity contribution in [2.24, 2.45) is 11.7 Å². The number of methoxy groups -OCH3 is 1. The van der Waals surface area contributed by atoms with E-state index in [2.05, 4.69) is 0 Å². The molecule has 0 spiro atoms. The summed E-state index contributed by atoms with van der Waals surface area (Å²) >= 11 is 0. The van der Waals surface area contributed by atoms with Crippen molar-refractivity contribution >= 4 is 0 Å². The van der Waals surface area contributed by atoms with E-state index < -0.39 is 5.54 Å². The molecule has 90 valence electrons. The average molecular weight is 225 g/mol. The molecule has 0 aromatic heterocycles. The number of benzene rings is 1. The van der Waals surface area contributed by atoms with E-state index >= 15 is 0 Å². The summed E-state index contributed by atoms with van der Waals surface area (Å²) in [7, 11) is 1.66. The number of halogens is 1. The van der Waals surface area contributed by atoms with Crippen LogP contribution >= 0.6 is 0 Å². The third-order valence-corrected chi connectivity index (χ3v) is 3.23. The van der Waals surface area contributed by atoms with Crippen molar-refractivity contribution in [3.63, 3.8) is 0 Å². The van der Waals surface area contributed by atoms with Crippen LogP contribution in [0.5, 0.6) is 0 Å². The van der Waals surface area contributed by atoms with Gasteiger partial charge in [0.1, 0.15) is 5.82 Å². The quantitative estimate of drug-likeness (QED) is 0.836. The smallest absolute Gasteiger partial charge is 0.128 e. The lowest BCUT2D eigenvalue weighted by Crippen LogP contribution is -2.41. The third-order valence-electron chi connectivity index (χ3n) is 3.23. The Morgan fingerprint density at radius 3 is 2.62 bits per heavy atom. The van der Waals surface area contributed by atoms with Crippen LogP contribution in [0.15, 0.2) is 24.3 Å². The number of hydrogen-bond acceptors (Lipinski definition) is 2. The summed E-state index contributed by atoms with van der Waals surface area (Å²) in [6.07, 6.45) is 0.817. The molecule has 1 aromatic rings. The first kappa shape index (κ1) is 13.1. The molecule has 0 fully saturated rings. The van der Waals surface area contributed by atoms with Crippen LogP contribution < -0.4 is 5.73 Å². The summed E-state index contributed by atoms with van der Waals surface area (Å²) in [6.45, 7) is 4.53. The summed E-state index contributed by atoms with van der Waals surface area (Å²) in [5.74, 6) is -0.0823. The van der Waals surface area contributed by atoms with Crippen LogP contribution in [-0.2, 0) is 10.3 Å². The topological polar surface area (TPSA) is 35.2 Å². The Morgan fingerprint density at radius 1 is 1.44 bits per heavy atom. The second kappa shape index (κ2) is 5.41. The van der Waals surface area contributed by atoms with Gasteiger partial charge in [0, 0.05) is 24.8 Å². The molecule has 0 radical (unpaired) electrons. The lowest BCUT2D eigenvalue weighted by atomic mass is 9.79. The minimum atomic E-state index is -0.663. The molecule has 2 N–H and O–H groups in total. The molecule has 0 saturated heterocycles. The van der Waals surface area contributed by atoms with E-state index in [1.165, 1.54) is 6.07 Å². The molecule has 1 aromatic carbocycles. The lowest BCUT2D eigenvalue weighted by molar-refractivity contribution is 0.158. The lowest BCUT2D eigenvalue weighted by Gasteiger charge is -2.32. The molecule has 2 atom stereocenters. The van der Waals surface area contributed by atoms with Crippen molar-refractivity contribution in [1.29, 1.82) is 0 Å². The Kier molecular flexibility index (Phi) is 4.44. The van der Waals surface area contributed by atoms with Crippen LogP contribution in [0.1, 0.15) is 25.8 Å². The van der Waals surface area contributed by atoms with Gasteiger partial charge in [0.2, 0.25) is 0 Å². The maximum Gasteiger partial charge on any atom is 0.128 e. The van der Waals surface area contributed by atoms with Gasteiger partial charge in [-0.15, -0.1) is 0 Å². The van der Waals surface area contributed by atoms with E-state index in [0.29, 0.717) is 12.2 Å². The maximum atomic E-state index is 13.7. The fourth-order valence-corrected chi connectivity index (χ4v) is 1.76. The van der Waals surface area contributed by atoms with E-state index in [4.69, 9.17) is 10.5 Å². The summed E-state index contributed by atoms with van der Waals surface area (Å²) in [6, 6.07) is 6.68. The van der Waals surface area contributed by atoms with Crippen molar-refractivity contribution in [3.8, 4) is 0 Å². The molecule has 0 saturated carbocycles. The Morgan fingerprint density at radius 2 is 2.06 bits per heavy atom. The maximum absolute atomic E-state index is 13.7. The molecule has 1 rings (SSSR count). The van der Waals surface area contributed by atoms with E-state index in [1.807, 2.05) is 19.9 Å². The molecule has 0 aliphatic heterocycles. The third kappa shape index (κ3) is 2.80. The van der Waals surface area contributed by atoms with Gasteiger partial charge in [-0.3, -0.25) is 0 Å². The first-order valence-corrected chi connectivity index (χ1v) is 5.53. The number of nitrogens with two attached hydrogens (primary N) is 1. The van der Waals surface area contributed by atoms with E-state index in [-0.39, 0.29) is 11.7 Å². The van der Waals surface area contributed by atoms with Crippen molar-refractivity contribution in [1.82, 2.24) is 0 Å². The van der Waals surface area contributed by atoms with Crippen LogP contribution in [0, 0.1) is 11.7 Å². The van der Waals surface area contributed by atoms with Gasteiger partial charge in [0.15, 0.2) is 0 Å². The normalized spacial score (nSPS) is 16.8. The van der Waals surface area contributed by atoms with Crippen LogP contribution in [0.3, 0.4) is 0 Å². The molecule has 0 amide bonds. The van der Waals surface area contributed by atoms with Gasteiger partial charge in [0.25, 0.3) is 0 Å². The minimum Gasteiger partial charge on any atom is -0.385 e. The van der Waals surface area contributed by atoms with Gasteiger partial charge in [-0.05, 0) is 25.3 Å². The Balaban J connectivity index is 2.88. The summed E-state index contributed by atoms with van der Waals surface area (Å²) < 4.78 is 18.7. The van der Waals surface area contributed by atoms with Gasteiger partial charge in [-0.25, -0.2) is 4.39 Å². The van der Waals surface area contributed by atoms with E-state index in [0.717, 1.165) is 6.42 Å². The van der Waals surface area contributed by atoms with Crippen LogP contribution in [0.25, 0.3) is 0 Å². The van der Waals surface area contributed by atoms with Crippen molar-refractivity contribution in [2.75, 3.05) is 13.7 Å². The molecule has 2 unspecified atom stereocenters. The monoisotopic (exact) mass is 225 g/mol. The van der Waals surface area contributed by atoms with Crippen molar-refractivity contribution in [2.45, 2.75) is 25.8 Å². The first-order valence-electron chi connectivity index (χ1n) is 5.53. The SMILES string of the molecule is COCCC(C)C(C)(N)c1ccccc1F. The zero-order valence-electron chi connectivity index (χ0n) is 10.2. The summed E-state index contributed by atoms with van der Waals surface area (Å²) in [5, 5.41) is 0. The molecule has 0 heterocycles. The molecular formula is C13H20FNO. The highest BCUT2D eigenvalue weighted by Gasteiger charge is 2.30. The molecule has 0 aliphatic rings. The number of hydrogen-bond donors (Lipinski definition) is 1. The standard InChI is InChI=1S/C13H20FNO/c1-10(8-9-16-3)13(2,15)11-6-4-5-7-12(11)14/h4-7,10H,8-9,15H2,1-3H3. The van der Waals surface area contributed by atoms with Gasteiger partial charge in [0.05, 0.1) is 0 Å². The molecule has 0 bridgehead atoms. The molecule has 16 heavy (non-hydrogen) atoms. The van der Waals surface area contributed by atoms with Gasteiger partial charge >= 0.3 is 0 Å². The van der Waals surface area contributed by atoms with Gasteiger partial charge < -0.3 is 10.5 Å². The average Bonchev–Trinajstić information content (AvgIpc) is 2.26. The number of ether oxygens (including phenoxy) is 1. The Bertz CT molecular complexity index is 338. The highest BCUT2D eigenvalue weighted by atomic mass is 19.1. The molecule has 3 heteroatoms. The van der Waals surface area contributed by atoms with Crippen molar-refractivity contribution in [3.05, 3.63) is 35.6 Å². The molecule has 0 aliphatic carbocycles. The largest absolute Gasteiger partial charge is 0.385 e. The zero-order chi connectivity index (χ0) is 12.2. The first-order chi connectivity index (χ1) is 7.50. The zero-order valence-corrected chi connectivity index (χ0v) is 10.2. The fraction of sp³-hybridized carbons (Fsp3) is 0.538. The molecular weight excluding hydrogens is 205 g/mol. The second-order valence-corrected chi connectivity index (χ2v) is 4.45. The molecule has 2 nitrogen and oxygen atoms in total. The van der Waals surface area contributed by atoms with Gasteiger partial charge in [-0.1, -0.05) is 25.1 Å². The summed E-state index contributed by atoms with van der Waals surface area (Å²) in [4.78, 5) is 0. The second-order valence-electron chi connectivity index (χ2n) is 4.45. The van der Waals surface area contributed by atoms with Crippen LogP contribution in [-0.4, -0.2) is 13.7 Å². The Labute approximate surface area is 96.6 Å². The predicted molar refractivity (Wildman–Crippen MR) is 63.6 cm³/mol. The highest BCUT2D eigenvalue weighted by molar-refractivity contribution is 5.25. The fourth-order valence-electron chi connectivity index (χ4n) is 1.76. The van der Waals surface area contributed by atoms with Gasteiger partial charge in [-0.2, -0.15) is 0 Å². The number of rotatable bonds is 5. The van der Waals surface area contributed by atoms with E-state index in [9.17, 15) is 4.39 Å². The predicted octanol–water partition coefficient (Wildman–Crippen LogP) is 2.67. The summed E-state index contributed by atoms with van der Waals surface area (Å²) in [5.41, 5.74) is 6.13. The minimum absolute atomic E-state index is 0.157.